The Morgan fingerprint density at radius 2 is 1.85 bits per heavy atom. The van der Waals surface area contributed by atoms with Crippen molar-refractivity contribution in [2.45, 2.75) is 13.8 Å². The van der Waals surface area contributed by atoms with Gasteiger partial charge in [-0.2, -0.15) is 5.26 Å². The van der Waals surface area contributed by atoms with Crippen LogP contribution in [0.25, 0.3) is 0 Å². The van der Waals surface area contributed by atoms with Gasteiger partial charge in [0.05, 0.1) is 18.2 Å². The molecular formula is C14H13Cl2NO3. The van der Waals surface area contributed by atoms with Gasteiger partial charge in [0.25, 0.3) is 0 Å². The highest BCUT2D eigenvalue weighted by atomic mass is 35.5. The van der Waals surface area contributed by atoms with E-state index in [0.29, 0.717) is 5.02 Å². The van der Waals surface area contributed by atoms with E-state index in [1.165, 1.54) is 18.2 Å². The van der Waals surface area contributed by atoms with Crippen LogP contribution in [0.1, 0.15) is 24.2 Å². The van der Waals surface area contributed by atoms with Crippen molar-refractivity contribution in [1.29, 1.82) is 5.26 Å². The number of nitriles is 1. The third kappa shape index (κ3) is 3.89. The first kappa shape index (κ1) is 16.4. The molecule has 1 aromatic rings. The van der Waals surface area contributed by atoms with E-state index in [4.69, 9.17) is 37.9 Å². The molecule has 20 heavy (non-hydrogen) atoms. The molecule has 0 aromatic heterocycles. The highest BCUT2D eigenvalue weighted by Crippen LogP contribution is 2.24. The molecular weight excluding hydrogens is 301 g/mol. The Balaban J connectivity index is 3.26. The Labute approximate surface area is 127 Å². The number of Topliss-reactive ketones (excluding diaryl/α,β-unsaturated/α-hetero) is 1. The van der Waals surface area contributed by atoms with E-state index in [1.54, 1.807) is 19.9 Å². The molecule has 0 fully saturated rings. The lowest BCUT2D eigenvalue weighted by molar-refractivity contribution is 0.0431. The molecule has 106 valence electrons. The summed E-state index contributed by atoms with van der Waals surface area (Å²) in [6, 6.07) is 6.22. The summed E-state index contributed by atoms with van der Waals surface area (Å²) >= 11 is 11.7. The molecule has 0 bridgehead atoms. The van der Waals surface area contributed by atoms with Gasteiger partial charge in [-0.3, -0.25) is 4.79 Å². The summed E-state index contributed by atoms with van der Waals surface area (Å²) in [4.78, 5) is 12.3. The standard InChI is InChI=1S/C14H13Cl2NO3/c1-3-19-14(20-4-2)11(8-17)13(18)10-6-5-9(15)7-12(10)16/h5-7H,3-4H2,1-2H3. The molecule has 0 aliphatic rings. The minimum atomic E-state index is -0.564. The summed E-state index contributed by atoms with van der Waals surface area (Å²) in [5.41, 5.74) is -0.0533. The van der Waals surface area contributed by atoms with Crippen LogP contribution in [-0.2, 0) is 9.47 Å². The highest BCUT2D eigenvalue weighted by Gasteiger charge is 2.22. The van der Waals surface area contributed by atoms with E-state index in [9.17, 15) is 4.79 Å². The van der Waals surface area contributed by atoms with Crippen LogP contribution in [0.3, 0.4) is 0 Å². The van der Waals surface area contributed by atoms with E-state index in [-0.39, 0.29) is 35.3 Å². The Hall–Kier alpha value is -1.70. The number of ether oxygens (including phenoxy) is 2. The van der Waals surface area contributed by atoms with Gasteiger partial charge in [0.15, 0.2) is 5.57 Å². The second-order valence-electron chi connectivity index (χ2n) is 3.59. The fourth-order valence-corrected chi connectivity index (χ4v) is 1.94. The maximum Gasteiger partial charge on any atom is 0.301 e. The van der Waals surface area contributed by atoms with Crippen LogP contribution in [-0.4, -0.2) is 19.0 Å². The average Bonchev–Trinajstić information content (AvgIpc) is 2.39. The van der Waals surface area contributed by atoms with Crippen molar-refractivity contribution in [1.82, 2.24) is 0 Å². The van der Waals surface area contributed by atoms with E-state index in [1.807, 2.05) is 0 Å². The van der Waals surface area contributed by atoms with Crippen LogP contribution in [0, 0.1) is 11.3 Å². The average molecular weight is 314 g/mol. The van der Waals surface area contributed by atoms with Crippen molar-refractivity contribution in [3.63, 3.8) is 0 Å². The Kier molecular flexibility index (Phi) is 6.37. The smallest absolute Gasteiger partial charge is 0.301 e. The zero-order valence-corrected chi connectivity index (χ0v) is 12.6. The van der Waals surface area contributed by atoms with Crippen LogP contribution >= 0.6 is 23.2 Å². The molecule has 0 saturated carbocycles. The molecule has 6 heteroatoms. The first-order valence-electron chi connectivity index (χ1n) is 5.94. The zero-order chi connectivity index (χ0) is 15.1. The van der Waals surface area contributed by atoms with Gasteiger partial charge in [0, 0.05) is 10.6 Å². The monoisotopic (exact) mass is 313 g/mol. The number of halogens is 2. The number of benzene rings is 1. The number of ketones is 1. The first-order chi connectivity index (χ1) is 9.54. The predicted octanol–water partition coefficient (Wildman–Crippen LogP) is 3.98. The number of carbonyl (C=O) groups is 1. The Morgan fingerprint density at radius 1 is 1.25 bits per heavy atom. The predicted molar refractivity (Wildman–Crippen MR) is 76.7 cm³/mol. The molecule has 0 saturated heterocycles. The van der Waals surface area contributed by atoms with Gasteiger partial charge in [0.1, 0.15) is 6.07 Å². The molecule has 0 radical (unpaired) electrons. The molecule has 0 aliphatic heterocycles. The van der Waals surface area contributed by atoms with Gasteiger partial charge in [-0.15, -0.1) is 0 Å². The van der Waals surface area contributed by atoms with E-state index in [0.717, 1.165) is 0 Å². The lowest BCUT2D eigenvalue weighted by atomic mass is 10.1. The summed E-state index contributed by atoms with van der Waals surface area (Å²) in [6.45, 7) is 4.02. The summed E-state index contributed by atoms with van der Waals surface area (Å²) in [7, 11) is 0. The second kappa shape index (κ2) is 7.78. The number of hydrogen-bond acceptors (Lipinski definition) is 4. The zero-order valence-electron chi connectivity index (χ0n) is 11.1. The maximum absolute atomic E-state index is 12.3. The minimum absolute atomic E-state index is 0.0893. The molecule has 0 aliphatic carbocycles. The molecule has 0 spiro atoms. The molecule has 0 N–H and O–H groups in total. The van der Waals surface area contributed by atoms with Crippen LogP contribution in [0.2, 0.25) is 10.0 Å². The lowest BCUT2D eigenvalue weighted by Gasteiger charge is -2.11. The SMILES string of the molecule is CCOC(OCC)=C(C#N)C(=O)c1ccc(Cl)cc1Cl. The summed E-state index contributed by atoms with van der Waals surface area (Å²) in [6.07, 6.45) is 0. The molecule has 0 amide bonds. The lowest BCUT2D eigenvalue weighted by Crippen LogP contribution is -2.10. The first-order valence-corrected chi connectivity index (χ1v) is 6.70. The third-order valence-electron chi connectivity index (χ3n) is 2.27. The third-order valence-corrected chi connectivity index (χ3v) is 2.82. The number of nitrogens with zero attached hydrogens (tertiary/aromatic N) is 1. The van der Waals surface area contributed by atoms with Crippen LogP contribution in [0.15, 0.2) is 29.7 Å². The Bertz CT molecular complexity index is 568. The van der Waals surface area contributed by atoms with Gasteiger partial charge in [-0.25, -0.2) is 0 Å². The maximum atomic E-state index is 12.3. The normalized spacial score (nSPS) is 9.55. The molecule has 1 aromatic carbocycles. The summed E-state index contributed by atoms with van der Waals surface area (Å²) < 4.78 is 10.4. The molecule has 1 rings (SSSR count). The van der Waals surface area contributed by atoms with E-state index < -0.39 is 5.78 Å². The fraction of sp³-hybridized carbons (Fsp3) is 0.286. The molecule has 0 unspecified atom stereocenters. The topological polar surface area (TPSA) is 59.3 Å². The van der Waals surface area contributed by atoms with Gasteiger partial charge >= 0.3 is 5.95 Å². The van der Waals surface area contributed by atoms with Crippen molar-refractivity contribution in [3.05, 3.63) is 45.3 Å². The largest absolute Gasteiger partial charge is 0.465 e. The van der Waals surface area contributed by atoms with Gasteiger partial charge < -0.3 is 9.47 Å². The van der Waals surface area contributed by atoms with E-state index >= 15 is 0 Å². The van der Waals surface area contributed by atoms with Crippen LogP contribution in [0.4, 0.5) is 0 Å². The van der Waals surface area contributed by atoms with Gasteiger partial charge in [-0.05, 0) is 32.0 Å². The van der Waals surface area contributed by atoms with Crippen molar-refractivity contribution in [2.75, 3.05) is 13.2 Å². The molecule has 0 heterocycles. The number of carbonyl (C=O) groups excluding carboxylic acids is 1. The summed E-state index contributed by atoms with van der Waals surface area (Å²) in [5.74, 6) is -0.653. The number of allylic oxidation sites excluding steroid dienone is 1. The van der Waals surface area contributed by atoms with Crippen LogP contribution < -0.4 is 0 Å². The highest BCUT2D eigenvalue weighted by molar-refractivity contribution is 6.37. The van der Waals surface area contributed by atoms with Crippen molar-refractivity contribution in [2.24, 2.45) is 0 Å². The van der Waals surface area contributed by atoms with Gasteiger partial charge in [-0.1, -0.05) is 23.2 Å². The second-order valence-corrected chi connectivity index (χ2v) is 4.44. The number of hydrogen-bond donors (Lipinski definition) is 0. The molecule has 0 atom stereocenters. The Morgan fingerprint density at radius 3 is 2.30 bits per heavy atom. The van der Waals surface area contributed by atoms with Crippen molar-refractivity contribution < 1.29 is 14.3 Å². The van der Waals surface area contributed by atoms with Gasteiger partial charge in [0.2, 0.25) is 5.78 Å². The summed E-state index contributed by atoms with van der Waals surface area (Å²) in [5, 5.41) is 9.74. The minimum Gasteiger partial charge on any atom is -0.465 e. The van der Waals surface area contributed by atoms with Crippen molar-refractivity contribution in [3.8, 4) is 6.07 Å². The number of rotatable bonds is 6. The fourth-order valence-electron chi connectivity index (χ4n) is 1.45. The van der Waals surface area contributed by atoms with Crippen LogP contribution in [0.5, 0.6) is 0 Å². The molecule has 4 nitrogen and oxygen atoms in total. The van der Waals surface area contributed by atoms with E-state index in [2.05, 4.69) is 0 Å². The van der Waals surface area contributed by atoms with Crippen molar-refractivity contribution >= 4 is 29.0 Å². The quantitative estimate of drug-likeness (QED) is 0.345.